The second-order valence-corrected chi connectivity index (χ2v) is 6.40. The molecule has 0 radical (unpaired) electrons. The van der Waals surface area contributed by atoms with Crippen molar-refractivity contribution in [3.05, 3.63) is 72.4 Å². The SMILES string of the molecule is O=C(NCc1nncn1-c1ccccc1)Nc1nc(-c2cccnc2)cs1. The summed E-state index contributed by atoms with van der Waals surface area (Å²) in [6, 6.07) is 13.1. The Morgan fingerprint density at radius 1 is 1.15 bits per heavy atom. The van der Waals surface area contributed by atoms with Crippen LogP contribution in [0.3, 0.4) is 0 Å². The summed E-state index contributed by atoms with van der Waals surface area (Å²) in [6.45, 7) is 0.238. The molecular formula is C18H15N7OS. The normalized spacial score (nSPS) is 10.5. The predicted octanol–water partition coefficient (Wildman–Crippen LogP) is 3.11. The van der Waals surface area contributed by atoms with E-state index in [1.54, 1.807) is 18.7 Å². The van der Waals surface area contributed by atoms with Crippen LogP contribution >= 0.6 is 11.3 Å². The summed E-state index contributed by atoms with van der Waals surface area (Å²) in [5, 5.41) is 15.9. The van der Waals surface area contributed by atoms with Crippen molar-refractivity contribution in [2.45, 2.75) is 6.54 Å². The summed E-state index contributed by atoms with van der Waals surface area (Å²) in [5.41, 5.74) is 2.60. The predicted molar refractivity (Wildman–Crippen MR) is 103 cm³/mol. The number of para-hydroxylation sites is 1. The quantitative estimate of drug-likeness (QED) is 0.557. The Morgan fingerprint density at radius 2 is 2.04 bits per heavy atom. The molecular weight excluding hydrogens is 362 g/mol. The van der Waals surface area contributed by atoms with Crippen LogP contribution in [-0.4, -0.2) is 30.8 Å². The molecule has 0 saturated heterocycles. The van der Waals surface area contributed by atoms with E-state index in [4.69, 9.17) is 0 Å². The van der Waals surface area contributed by atoms with Gasteiger partial charge in [0, 0.05) is 29.0 Å². The molecule has 0 unspecified atom stereocenters. The van der Waals surface area contributed by atoms with Gasteiger partial charge in [-0.25, -0.2) is 9.78 Å². The fraction of sp³-hybridized carbons (Fsp3) is 0.0556. The number of nitrogens with zero attached hydrogens (tertiary/aromatic N) is 5. The molecule has 1 aromatic carbocycles. The first-order valence-corrected chi connectivity index (χ1v) is 9.02. The van der Waals surface area contributed by atoms with E-state index < -0.39 is 0 Å². The highest BCUT2D eigenvalue weighted by atomic mass is 32.1. The number of carbonyl (C=O) groups excluding carboxylic acids is 1. The smallest absolute Gasteiger partial charge is 0.321 e. The first kappa shape index (κ1) is 16.9. The summed E-state index contributed by atoms with van der Waals surface area (Å²) in [6.07, 6.45) is 5.05. The zero-order valence-corrected chi connectivity index (χ0v) is 14.9. The molecule has 0 saturated carbocycles. The number of hydrogen-bond acceptors (Lipinski definition) is 6. The number of urea groups is 1. The molecule has 4 aromatic rings. The third kappa shape index (κ3) is 3.98. The van der Waals surface area contributed by atoms with Crippen LogP contribution in [0.4, 0.5) is 9.93 Å². The number of pyridine rings is 1. The topological polar surface area (TPSA) is 97.6 Å². The maximum Gasteiger partial charge on any atom is 0.321 e. The lowest BCUT2D eigenvalue weighted by molar-refractivity contribution is 0.251. The second-order valence-electron chi connectivity index (χ2n) is 5.54. The molecule has 0 atom stereocenters. The molecule has 27 heavy (non-hydrogen) atoms. The lowest BCUT2D eigenvalue weighted by atomic mass is 10.2. The standard InChI is InChI=1S/C18H15N7OS/c26-17(23-18-22-15(11-27-18)13-5-4-8-19-9-13)20-10-16-24-21-12-25(16)14-6-2-1-3-7-14/h1-9,11-12H,10H2,(H2,20,22,23,26). The molecule has 4 rings (SSSR count). The molecule has 0 aliphatic heterocycles. The monoisotopic (exact) mass is 377 g/mol. The second kappa shape index (κ2) is 7.75. The number of benzene rings is 1. The number of aromatic nitrogens is 5. The number of carbonyl (C=O) groups is 1. The number of anilines is 1. The third-order valence-electron chi connectivity index (χ3n) is 3.74. The molecule has 0 fully saturated rings. The van der Waals surface area contributed by atoms with E-state index in [2.05, 4.69) is 30.8 Å². The minimum absolute atomic E-state index is 0.238. The molecule has 2 N–H and O–H groups in total. The Morgan fingerprint density at radius 3 is 2.85 bits per heavy atom. The molecule has 8 nitrogen and oxygen atoms in total. The Hall–Kier alpha value is -3.59. The lowest BCUT2D eigenvalue weighted by Gasteiger charge is -2.08. The van der Waals surface area contributed by atoms with E-state index in [9.17, 15) is 4.79 Å². The number of hydrogen-bond donors (Lipinski definition) is 2. The van der Waals surface area contributed by atoms with E-state index in [1.807, 2.05) is 52.4 Å². The number of nitrogens with one attached hydrogen (secondary N) is 2. The van der Waals surface area contributed by atoms with E-state index in [-0.39, 0.29) is 12.6 Å². The minimum Gasteiger partial charge on any atom is -0.330 e. The molecule has 3 aromatic heterocycles. The van der Waals surface area contributed by atoms with Crippen LogP contribution in [0.5, 0.6) is 0 Å². The highest BCUT2D eigenvalue weighted by molar-refractivity contribution is 7.14. The van der Waals surface area contributed by atoms with Gasteiger partial charge in [0.2, 0.25) is 0 Å². The van der Waals surface area contributed by atoms with E-state index in [0.717, 1.165) is 16.9 Å². The van der Waals surface area contributed by atoms with Gasteiger partial charge in [-0.3, -0.25) is 14.9 Å². The van der Waals surface area contributed by atoms with Crippen LogP contribution in [0.2, 0.25) is 0 Å². The molecule has 134 valence electrons. The van der Waals surface area contributed by atoms with E-state index in [0.29, 0.717) is 11.0 Å². The van der Waals surface area contributed by atoms with E-state index in [1.165, 1.54) is 11.3 Å². The molecule has 0 aliphatic rings. The number of amides is 2. The molecule has 0 aliphatic carbocycles. The average Bonchev–Trinajstić information content (AvgIpc) is 3.37. The zero-order valence-electron chi connectivity index (χ0n) is 14.1. The maximum atomic E-state index is 12.2. The van der Waals surface area contributed by atoms with E-state index >= 15 is 0 Å². The van der Waals surface area contributed by atoms with Crippen LogP contribution in [0.1, 0.15) is 5.82 Å². The summed E-state index contributed by atoms with van der Waals surface area (Å²) in [5.74, 6) is 0.631. The largest absolute Gasteiger partial charge is 0.330 e. The Kier molecular flexibility index (Phi) is 4.84. The van der Waals surface area contributed by atoms with Crippen LogP contribution in [0, 0.1) is 0 Å². The van der Waals surface area contributed by atoms with Gasteiger partial charge in [-0.05, 0) is 24.3 Å². The van der Waals surface area contributed by atoms with Gasteiger partial charge in [-0.2, -0.15) is 0 Å². The summed E-state index contributed by atoms with van der Waals surface area (Å²) < 4.78 is 1.82. The van der Waals surface area contributed by atoms with Crippen LogP contribution < -0.4 is 10.6 Å². The third-order valence-corrected chi connectivity index (χ3v) is 4.50. The molecule has 9 heteroatoms. The van der Waals surface area contributed by atoms with Crippen molar-refractivity contribution >= 4 is 22.5 Å². The average molecular weight is 377 g/mol. The van der Waals surface area contributed by atoms with Crippen molar-refractivity contribution in [2.24, 2.45) is 0 Å². The van der Waals surface area contributed by atoms with Crippen molar-refractivity contribution in [3.8, 4) is 16.9 Å². The Labute approximate surface area is 159 Å². The highest BCUT2D eigenvalue weighted by Gasteiger charge is 2.10. The molecule has 2 amide bonds. The van der Waals surface area contributed by atoms with Crippen LogP contribution in [-0.2, 0) is 6.54 Å². The lowest BCUT2D eigenvalue weighted by Crippen LogP contribution is -2.29. The van der Waals surface area contributed by atoms with Gasteiger partial charge in [0.25, 0.3) is 0 Å². The molecule has 0 bridgehead atoms. The van der Waals surface area contributed by atoms with Gasteiger partial charge in [0.15, 0.2) is 11.0 Å². The van der Waals surface area contributed by atoms with Gasteiger partial charge in [0.05, 0.1) is 12.2 Å². The van der Waals surface area contributed by atoms with Gasteiger partial charge in [-0.1, -0.05) is 18.2 Å². The minimum atomic E-state index is -0.357. The van der Waals surface area contributed by atoms with Crippen LogP contribution in [0.15, 0.2) is 66.6 Å². The molecule has 3 heterocycles. The first-order valence-electron chi connectivity index (χ1n) is 8.15. The summed E-state index contributed by atoms with van der Waals surface area (Å²) in [4.78, 5) is 20.7. The van der Waals surface area contributed by atoms with Crippen molar-refractivity contribution in [2.75, 3.05) is 5.32 Å². The van der Waals surface area contributed by atoms with Crippen molar-refractivity contribution in [1.29, 1.82) is 0 Å². The van der Waals surface area contributed by atoms with Crippen LogP contribution in [0.25, 0.3) is 16.9 Å². The van der Waals surface area contributed by atoms with Gasteiger partial charge >= 0.3 is 6.03 Å². The van der Waals surface area contributed by atoms with Gasteiger partial charge in [0.1, 0.15) is 6.33 Å². The number of thiazole rings is 1. The summed E-state index contributed by atoms with van der Waals surface area (Å²) in [7, 11) is 0. The fourth-order valence-electron chi connectivity index (χ4n) is 2.46. The first-order chi connectivity index (χ1) is 13.3. The van der Waals surface area contributed by atoms with Crippen molar-refractivity contribution < 1.29 is 4.79 Å². The van der Waals surface area contributed by atoms with Crippen molar-refractivity contribution in [3.63, 3.8) is 0 Å². The highest BCUT2D eigenvalue weighted by Crippen LogP contribution is 2.23. The van der Waals surface area contributed by atoms with Gasteiger partial charge in [-0.15, -0.1) is 21.5 Å². The maximum absolute atomic E-state index is 12.2. The Bertz CT molecular complexity index is 1030. The molecule has 0 spiro atoms. The summed E-state index contributed by atoms with van der Waals surface area (Å²) >= 11 is 1.35. The van der Waals surface area contributed by atoms with Gasteiger partial charge < -0.3 is 5.32 Å². The van der Waals surface area contributed by atoms with Crippen molar-refractivity contribution in [1.82, 2.24) is 30.0 Å². The number of rotatable bonds is 5. The fourth-order valence-corrected chi connectivity index (χ4v) is 3.18. The zero-order chi connectivity index (χ0) is 18.5. The Balaban J connectivity index is 1.37.